The van der Waals surface area contributed by atoms with E-state index in [1.165, 1.54) is 0 Å². The Morgan fingerprint density at radius 2 is 2.33 bits per heavy atom. The van der Waals surface area contributed by atoms with Crippen LogP contribution in [-0.4, -0.2) is 43.7 Å². The zero-order chi connectivity index (χ0) is 16.6. The molecule has 1 fully saturated rings. The molecule has 0 bridgehead atoms. The minimum atomic E-state index is 0.371. The highest BCUT2D eigenvalue weighted by Crippen LogP contribution is 2.17. The lowest BCUT2D eigenvalue weighted by Gasteiger charge is -2.34. The van der Waals surface area contributed by atoms with Gasteiger partial charge in [-0.1, -0.05) is 6.07 Å². The molecule has 0 unspecified atom stereocenters. The molecular formula is C18H25N5O. The molecule has 0 spiro atoms. The number of guanidine groups is 1. The van der Waals surface area contributed by atoms with E-state index in [2.05, 4.69) is 31.6 Å². The van der Waals surface area contributed by atoms with E-state index in [1.54, 1.807) is 6.26 Å². The van der Waals surface area contributed by atoms with E-state index in [4.69, 9.17) is 4.42 Å². The lowest BCUT2D eigenvalue weighted by atomic mass is 10.1. The van der Waals surface area contributed by atoms with Crippen LogP contribution in [0.3, 0.4) is 0 Å². The van der Waals surface area contributed by atoms with Crippen LogP contribution in [0, 0.1) is 0 Å². The predicted molar refractivity (Wildman–Crippen MR) is 96.4 cm³/mol. The van der Waals surface area contributed by atoms with Crippen LogP contribution >= 0.6 is 0 Å². The summed E-state index contributed by atoms with van der Waals surface area (Å²) in [4.78, 5) is 11.1. The Morgan fingerprint density at radius 1 is 1.38 bits per heavy atom. The van der Waals surface area contributed by atoms with Gasteiger partial charge in [0.05, 0.1) is 6.26 Å². The van der Waals surface area contributed by atoms with E-state index in [-0.39, 0.29) is 0 Å². The van der Waals surface area contributed by atoms with Crippen LogP contribution in [0.1, 0.15) is 18.6 Å². The molecule has 1 saturated heterocycles. The van der Waals surface area contributed by atoms with E-state index >= 15 is 0 Å². The van der Waals surface area contributed by atoms with Crippen LogP contribution in [0.4, 0.5) is 5.82 Å². The summed E-state index contributed by atoms with van der Waals surface area (Å²) >= 11 is 0. The molecule has 0 aromatic carbocycles. The monoisotopic (exact) mass is 327 g/mol. The maximum Gasteiger partial charge on any atom is 0.191 e. The van der Waals surface area contributed by atoms with Gasteiger partial charge in [0, 0.05) is 45.3 Å². The molecule has 3 rings (SSSR count). The number of pyridine rings is 1. The Labute approximate surface area is 143 Å². The van der Waals surface area contributed by atoms with E-state index in [0.717, 1.165) is 56.4 Å². The summed E-state index contributed by atoms with van der Waals surface area (Å²) in [6.45, 7) is 2.79. The minimum Gasteiger partial charge on any atom is -0.469 e. The fourth-order valence-electron chi connectivity index (χ4n) is 2.99. The molecule has 0 aliphatic carbocycles. The quantitative estimate of drug-likeness (QED) is 0.650. The first-order valence-electron chi connectivity index (χ1n) is 8.50. The van der Waals surface area contributed by atoms with Gasteiger partial charge in [0.2, 0.25) is 0 Å². The van der Waals surface area contributed by atoms with Crippen LogP contribution in [-0.2, 0) is 6.42 Å². The number of aromatic nitrogens is 1. The molecule has 0 saturated carbocycles. The molecule has 2 N–H and O–H groups in total. The number of nitrogens with one attached hydrogen (secondary N) is 2. The van der Waals surface area contributed by atoms with Crippen molar-refractivity contribution in [2.24, 2.45) is 4.99 Å². The highest BCUT2D eigenvalue weighted by Gasteiger charge is 2.21. The summed E-state index contributed by atoms with van der Waals surface area (Å²) in [6.07, 6.45) is 6.69. The molecule has 1 atom stereocenters. The second-order valence-corrected chi connectivity index (χ2v) is 5.95. The second kappa shape index (κ2) is 8.38. The maximum atomic E-state index is 5.35. The van der Waals surface area contributed by atoms with Crippen molar-refractivity contribution in [3.8, 4) is 0 Å². The normalized spacial score (nSPS) is 18.5. The second-order valence-electron chi connectivity index (χ2n) is 5.95. The first-order valence-corrected chi connectivity index (χ1v) is 8.50. The molecule has 6 heteroatoms. The lowest BCUT2D eigenvalue weighted by Crippen LogP contribution is -2.51. The highest BCUT2D eigenvalue weighted by atomic mass is 16.3. The molecule has 24 heavy (non-hydrogen) atoms. The van der Waals surface area contributed by atoms with E-state index in [9.17, 15) is 0 Å². The van der Waals surface area contributed by atoms with Gasteiger partial charge in [-0.05, 0) is 37.1 Å². The Morgan fingerprint density at radius 3 is 3.08 bits per heavy atom. The molecule has 1 aliphatic heterocycles. The fraction of sp³-hybridized carbons (Fsp3) is 0.444. The number of piperidine rings is 1. The number of anilines is 1. The van der Waals surface area contributed by atoms with Crippen molar-refractivity contribution in [2.75, 3.05) is 31.6 Å². The van der Waals surface area contributed by atoms with Crippen molar-refractivity contribution < 1.29 is 4.42 Å². The maximum absolute atomic E-state index is 5.35. The number of rotatable bonds is 5. The Bertz CT molecular complexity index is 626. The summed E-state index contributed by atoms with van der Waals surface area (Å²) in [5, 5.41) is 6.88. The molecule has 1 aliphatic rings. The Hall–Kier alpha value is -2.50. The fourth-order valence-corrected chi connectivity index (χ4v) is 2.99. The molecule has 128 valence electrons. The molecule has 2 aromatic heterocycles. The minimum absolute atomic E-state index is 0.371. The van der Waals surface area contributed by atoms with Crippen molar-refractivity contribution in [1.82, 2.24) is 15.6 Å². The van der Waals surface area contributed by atoms with Gasteiger partial charge in [0.25, 0.3) is 0 Å². The number of aliphatic imine (C=N–C) groups is 1. The smallest absolute Gasteiger partial charge is 0.191 e. The van der Waals surface area contributed by atoms with Gasteiger partial charge in [-0.3, -0.25) is 4.99 Å². The first-order chi connectivity index (χ1) is 11.8. The van der Waals surface area contributed by atoms with Crippen LogP contribution in [0.25, 0.3) is 0 Å². The average molecular weight is 327 g/mol. The third-order valence-corrected chi connectivity index (χ3v) is 4.20. The van der Waals surface area contributed by atoms with Crippen molar-refractivity contribution in [3.63, 3.8) is 0 Å². The summed E-state index contributed by atoms with van der Waals surface area (Å²) < 4.78 is 5.35. The summed E-state index contributed by atoms with van der Waals surface area (Å²) in [6, 6.07) is 10.3. The molecule has 6 nitrogen and oxygen atoms in total. The summed E-state index contributed by atoms with van der Waals surface area (Å²) in [5.41, 5.74) is 0. The van der Waals surface area contributed by atoms with Gasteiger partial charge in [-0.15, -0.1) is 0 Å². The number of hydrogen-bond acceptors (Lipinski definition) is 4. The molecule has 2 aromatic rings. The van der Waals surface area contributed by atoms with Crippen molar-refractivity contribution in [2.45, 2.75) is 25.3 Å². The number of nitrogens with zero attached hydrogens (tertiary/aromatic N) is 3. The third kappa shape index (κ3) is 4.50. The SMILES string of the molecule is CN=C(NCCc1ccco1)N[C@@H]1CCCN(c2ccccn2)C1. The average Bonchev–Trinajstić information content (AvgIpc) is 3.15. The standard InChI is InChI=1S/C18H25N5O/c1-19-18(21-11-9-16-7-5-13-24-16)22-15-6-4-12-23(14-15)17-8-2-3-10-20-17/h2-3,5,7-8,10,13,15H,4,6,9,11-12,14H2,1H3,(H2,19,21,22)/t15-/m1/s1. The van der Waals surface area contributed by atoms with Crippen molar-refractivity contribution in [1.29, 1.82) is 0 Å². The lowest BCUT2D eigenvalue weighted by molar-refractivity contribution is 0.464. The van der Waals surface area contributed by atoms with Crippen LogP contribution < -0.4 is 15.5 Å². The Kier molecular flexibility index (Phi) is 5.71. The van der Waals surface area contributed by atoms with Gasteiger partial charge in [0.1, 0.15) is 11.6 Å². The number of furan rings is 1. The third-order valence-electron chi connectivity index (χ3n) is 4.20. The topological polar surface area (TPSA) is 65.7 Å². The van der Waals surface area contributed by atoms with Gasteiger partial charge in [0.15, 0.2) is 5.96 Å². The van der Waals surface area contributed by atoms with Gasteiger partial charge in [-0.25, -0.2) is 4.98 Å². The summed E-state index contributed by atoms with van der Waals surface area (Å²) in [7, 11) is 1.81. The van der Waals surface area contributed by atoms with Crippen LogP contribution in [0.2, 0.25) is 0 Å². The first kappa shape index (κ1) is 16.4. The predicted octanol–water partition coefficient (Wildman–Crippen LogP) is 2.05. The summed E-state index contributed by atoms with van der Waals surface area (Å²) in [5.74, 6) is 2.87. The van der Waals surface area contributed by atoms with Gasteiger partial charge in [-0.2, -0.15) is 0 Å². The van der Waals surface area contributed by atoms with Crippen LogP contribution in [0.15, 0.2) is 52.2 Å². The molecule has 0 amide bonds. The van der Waals surface area contributed by atoms with Gasteiger partial charge < -0.3 is 20.0 Å². The van der Waals surface area contributed by atoms with E-state index in [1.807, 2.05) is 37.5 Å². The van der Waals surface area contributed by atoms with Crippen molar-refractivity contribution >= 4 is 11.8 Å². The zero-order valence-electron chi connectivity index (χ0n) is 14.1. The molecular weight excluding hydrogens is 302 g/mol. The molecule has 3 heterocycles. The zero-order valence-corrected chi connectivity index (χ0v) is 14.1. The molecule has 0 radical (unpaired) electrons. The largest absolute Gasteiger partial charge is 0.469 e. The van der Waals surface area contributed by atoms with Crippen LogP contribution in [0.5, 0.6) is 0 Å². The van der Waals surface area contributed by atoms with E-state index < -0.39 is 0 Å². The highest BCUT2D eigenvalue weighted by molar-refractivity contribution is 5.80. The van der Waals surface area contributed by atoms with E-state index in [0.29, 0.717) is 6.04 Å². The Balaban J connectivity index is 1.48. The van der Waals surface area contributed by atoms with Crippen molar-refractivity contribution in [3.05, 3.63) is 48.6 Å². The number of hydrogen-bond donors (Lipinski definition) is 2. The van der Waals surface area contributed by atoms with Gasteiger partial charge >= 0.3 is 0 Å².